The molecule has 1 heterocycles. The molecule has 0 radical (unpaired) electrons. The molecule has 8 nitrogen and oxygen atoms in total. The summed E-state index contributed by atoms with van der Waals surface area (Å²) in [7, 11) is 0. The fourth-order valence-corrected chi connectivity index (χ4v) is 4.68. The first-order valence-electron chi connectivity index (χ1n) is 10.0. The van der Waals surface area contributed by atoms with Crippen molar-refractivity contribution in [1.29, 1.82) is 0 Å². The second kappa shape index (κ2) is 11.2. The van der Waals surface area contributed by atoms with Crippen LogP contribution in [0.25, 0.3) is 0 Å². The molecule has 13 heteroatoms. The number of nitrogens with one attached hydrogen (secondary N) is 3. The summed E-state index contributed by atoms with van der Waals surface area (Å²) in [4.78, 5) is 40.1. The highest BCUT2D eigenvalue weighted by Crippen LogP contribution is 2.31. The number of nitrogens with zero attached hydrogens (tertiary/aromatic N) is 1. The van der Waals surface area contributed by atoms with Crippen LogP contribution in [0.5, 0.6) is 0 Å². The number of amides is 4. The van der Waals surface area contributed by atoms with Gasteiger partial charge in [0.15, 0.2) is 4.34 Å². The molecular weight excluding hydrogens is 503 g/mol. The molecule has 184 valence electrons. The Morgan fingerprint density at radius 1 is 1.03 bits per heavy atom. The van der Waals surface area contributed by atoms with E-state index in [1.54, 1.807) is 30.5 Å². The largest absolute Gasteiger partial charge is 0.416 e. The predicted molar refractivity (Wildman–Crippen MR) is 129 cm³/mol. The first-order valence-corrected chi connectivity index (χ1v) is 11.8. The second-order valence-corrected chi connectivity index (χ2v) is 9.68. The number of hydrogen-bond donors (Lipinski definition) is 4. The van der Waals surface area contributed by atoms with Gasteiger partial charge < -0.3 is 21.7 Å². The molecule has 0 aliphatic heterocycles. The Bertz CT molecular complexity index is 1230. The Morgan fingerprint density at radius 2 is 1.63 bits per heavy atom. The van der Waals surface area contributed by atoms with Crippen LogP contribution in [0.2, 0.25) is 0 Å². The van der Waals surface area contributed by atoms with Crippen LogP contribution in [-0.2, 0) is 22.2 Å². The van der Waals surface area contributed by atoms with Gasteiger partial charge in [0, 0.05) is 22.4 Å². The summed E-state index contributed by atoms with van der Waals surface area (Å²) in [6.07, 6.45) is -4.53. The number of aromatic nitrogens is 1. The highest BCUT2D eigenvalue weighted by Gasteiger charge is 2.30. The van der Waals surface area contributed by atoms with Crippen molar-refractivity contribution in [2.45, 2.75) is 29.1 Å². The molecule has 0 spiro atoms. The molecule has 0 fully saturated rings. The highest BCUT2D eigenvalue weighted by atomic mass is 32.2. The van der Waals surface area contributed by atoms with E-state index in [9.17, 15) is 27.6 Å². The normalized spacial score (nSPS) is 12.0. The minimum Gasteiger partial charge on any atom is -0.369 e. The van der Waals surface area contributed by atoms with Crippen LogP contribution < -0.4 is 21.7 Å². The smallest absolute Gasteiger partial charge is 0.369 e. The third-order valence-electron chi connectivity index (χ3n) is 4.40. The fraction of sp³-hybridized carbons (Fsp3) is 0.182. The molecule has 0 bridgehead atoms. The minimum atomic E-state index is -4.53. The van der Waals surface area contributed by atoms with E-state index in [1.807, 2.05) is 0 Å². The van der Waals surface area contributed by atoms with Crippen LogP contribution >= 0.6 is 23.1 Å². The van der Waals surface area contributed by atoms with Crippen LogP contribution in [0.15, 0.2) is 58.3 Å². The van der Waals surface area contributed by atoms with Crippen molar-refractivity contribution >= 4 is 58.0 Å². The number of hydrogen-bond acceptors (Lipinski definition) is 6. The summed E-state index contributed by atoms with van der Waals surface area (Å²) in [5, 5.41) is 8.82. The SMILES string of the molecule is CC(Sc1nc(CC(=O)Nc2cccc(NC(=O)Nc3cccc(C(F)(F)F)c3)c2)cs1)C(N)=O. The molecular formula is C22H20F3N5O3S2. The van der Waals surface area contributed by atoms with Crippen molar-refractivity contribution in [3.63, 3.8) is 0 Å². The molecule has 3 rings (SSSR count). The lowest BCUT2D eigenvalue weighted by Crippen LogP contribution is -2.22. The molecule has 0 saturated carbocycles. The maximum Gasteiger partial charge on any atom is 0.416 e. The Kier molecular flexibility index (Phi) is 8.35. The van der Waals surface area contributed by atoms with Crippen LogP contribution in [0.3, 0.4) is 0 Å². The van der Waals surface area contributed by atoms with Gasteiger partial charge in [-0.25, -0.2) is 9.78 Å². The first kappa shape index (κ1) is 26.0. The van der Waals surface area contributed by atoms with E-state index < -0.39 is 28.9 Å². The van der Waals surface area contributed by atoms with Crippen molar-refractivity contribution in [3.8, 4) is 0 Å². The van der Waals surface area contributed by atoms with E-state index in [4.69, 9.17) is 5.73 Å². The van der Waals surface area contributed by atoms with Gasteiger partial charge in [0.1, 0.15) is 0 Å². The Morgan fingerprint density at radius 3 is 2.26 bits per heavy atom. The maximum absolute atomic E-state index is 12.8. The second-order valence-electron chi connectivity index (χ2n) is 7.23. The monoisotopic (exact) mass is 523 g/mol. The van der Waals surface area contributed by atoms with Crippen LogP contribution in [-0.4, -0.2) is 28.1 Å². The fourth-order valence-electron chi connectivity index (χ4n) is 2.74. The summed E-state index contributed by atoms with van der Waals surface area (Å²) in [5.74, 6) is -0.804. The van der Waals surface area contributed by atoms with Crippen molar-refractivity contribution in [3.05, 3.63) is 65.2 Å². The molecule has 2 aromatic carbocycles. The zero-order valence-corrected chi connectivity index (χ0v) is 19.8. The van der Waals surface area contributed by atoms with Gasteiger partial charge in [0.2, 0.25) is 11.8 Å². The third kappa shape index (κ3) is 8.00. The number of halogens is 3. The molecule has 0 saturated heterocycles. The number of nitrogens with two attached hydrogens (primary N) is 1. The number of alkyl halides is 3. The molecule has 3 aromatic rings. The number of urea groups is 1. The number of carbonyl (C=O) groups excluding carboxylic acids is 3. The van der Waals surface area contributed by atoms with E-state index in [1.165, 1.54) is 41.3 Å². The molecule has 1 aromatic heterocycles. The summed E-state index contributed by atoms with van der Waals surface area (Å²) in [6.45, 7) is 1.67. The van der Waals surface area contributed by atoms with Gasteiger partial charge in [-0.05, 0) is 43.3 Å². The van der Waals surface area contributed by atoms with Gasteiger partial charge in [0.25, 0.3) is 0 Å². The van der Waals surface area contributed by atoms with Crippen LogP contribution in [0, 0.1) is 0 Å². The van der Waals surface area contributed by atoms with E-state index in [0.29, 0.717) is 21.4 Å². The third-order valence-corrected chi connectivity index (χ3v) is 6.54. The molecule has 0 aliphatic rings. The highest BCUT2D eigenvalue weighted by molar-refractivity contribution is 8.02. The van der Waals surface area contributed by atoms with Crippen LogP contribution in [0.4, 0.5) is 35.0 Å². The number of benzene rings is 2. The Hall–Kier alpha value is -3.58. The minimum absolute atomic E-state index is 0.00427. The average molecular weight is 524 g/mol. The van der Waals surface area contributed by atoms with E-state index in [-0.39, 0.29) is 18.0 Å². The lowest BCUT2D eigenvalue weighted by molar-refractivity contribution is -0.137. The zero-order chi connectivity index (χ0) is 25.6. The van der Waals surface area contributed by atoms with Gasteiger partial charge in [0.05, 0.1) is 22.9 Å². The van der Waals surface area contributed by atoms with Crippen molar-refractivity contribution in [1.82, 2.24) is 4.98 Å². The number of carbonyl (C=O) groups is 3. The summed E-state index contributed by atoms with van der Waals surface area (Å²) in [5.41, 5.74) is 5.59. The molecule has 4 amide bonds. The average Bonchev–Trinajstić information content (AvgIpc) is 3.19. The van der Waals surface area contributed by atoms with Gasteiger partial charge in [-0.1, -0.05) is 23.9 Å². The predicted octanol–water partition coefficient (Wildman–Crippen LogP) is 4.95. The van der Waals surface area contributed by atoms with Gasteiger partial charge in [-0.2, -0.15) is 13.2 Å². The molecule has 1 atom stereocenters. The Balaban J connectivity index is 1.55. The summed E-state index contributed by atoms with van der Waals surface area (Å²) < 4.78 is 39.1. The summed E-state index contributed by atoms with van der Waals surface area (Å²) in [6, 6.07) is 9.79. The number of thiazole rings is 1. The lowest BCUT2D eigenvalue weighted by Gasteiger charge is -2.11. The standard InChI is InChI=1S/C22H20F3N5O3S2/c1-12(19(26)32)35-21-30-17(11-34-21)10-18(31)27-15-6-3-7-16(9-15)29-20(33)28-14-5-2-4-13(8-14)22(23,24)25/h2-9,11-12H,10H2,1H3,(H2,26,32)(H,27,31)(H2,28,29,33). The number of anilines is 3. The number of primary amides is 1. The zero-order valence-electron chi connectivity index (χ0n) is 18.2. The van der Waals surface area contributed by atoms with Gasteiger partial charge >= 0.3 is 12.2 Å². The van der Waals surface area contributed by atoms with Gasteiger partial charge in [-0.3, -0.25) is 9.59 Å². The van der Waals surface area contributed by atoms with E-state index >= 15 is 0 Å². The maximum atomic E-state index is 12.8. The number of thioether (sulfide) groups is 1. The quantitative estimate of drug-likeness (QED) is 0.311. The van der Waals surface area contributed by atoms with Crippen LogP contribution in [0.1, 0.15) is 18.2 Å². The van der Waals surface area contributed by atoms with E-state index in [0.717, 1.165) is 12.1 Å². The topological polar surface area (TPSA) is 126 Å². The molecule has 1 unspecified atom stereocenters. The van der Waals surface area contributed by atoms with Crippen molar-refractivity contribution in [2.75, 3.05) is 16.0 Å². The molecule has 5 N–H and O–H groups in total. The lowest BCUT2D eigenvalue weighted by atomic mass is 10.2. The van der Waals surface area contributed by atoms with Crippen molar-refractivity contribution in [2.24, 2.45) is 5.73 Å². The number of rotatable bonds is 8. The molecule has 35 heavy (non-hydrogen) atoms. The van der Waals surface area contributed by atoms with E-state index in [2.05, 4.69) is 20.9 Å². The van der Waals surface area contributed by atoms with Gasteiger partial charge in [-0.15, -0.1) is 11.3 Å². The molecule has 0 aliphatic carbocycles. The van der Waals surface area contributed by atoms with Crippen molar-refractivity contribution < 1.29 is 27.6 Å². The summed E-state index contributed by atoms with van der Waals surface area (Å²) >= 11 is 2.52. The Labute approximate surface area is 206 Å². The first-order chi connectivity index (χ1) is 16.5.